The molecule has 0 aliphatic heterocycles. The minimum atomic E-state index is 0. The molecule has 1 aromatic rings. The number of rotatable bonds is 0. The molecule has 7 heavy (non-hydrogen) atoms. The molecule has 0 bridgehead atoms. The summed E-state index contributed by atoms with van der Waals surface area (Å²) in [4.78, 5) is 0. The minimum absolute atomic E-state index is 0. The lowest BCUT2D eigenvalue weighted by Crippen LogP contribution is -1.60. The molecular formula is C3H7N2PS. The lowest BCUT2D eigenvalue weighted by molar-refractivity contribution is 1.01. The molecule has 1 N–H and O–H groups in total. The third-order valence-electron chi connectivity index (χ3n) is 0.486. The monoisotopic (exact) mass is 134 g/mol. The Labute approximate surface area is 50.7 Å². The van der Waals surface area contributed by atoms with Crippen molar-refractivity contribution in [3.63, 3.8) is 0 Å². The van der Waals surface area contributed by atoms with Gasteiger partial charge in [-0.3, -0.25) is 5.10 Å². The zero-order valence-electron chi connectivity index (χ0n) is 3.76. The van der Waals surface area contributed by atoms with Gasteiger partial charge < -0.3 is 0 Å². The van der Waals surface area contributed by atoms with Crippen LogP contribution in [0.1, 0.15) is 0 Å². The van der Waals surface area contributed by atoms with Crippen LogP contribution >= 0.6 is 22.5 Å². The van der Waals surface area contributed by atoms with Gasteiger partial charge in [0.25, 0.3) is 0 Å². The highest BCUT2D eigenvalue weighted by atomic mass is 32.1. The van der Waals surface area contributed by atoms with Gasteiger partial charge in [0.2, 0.25) is 0 Å². The molecule has 0 amide bonds. The van der Waals surface area contributed by atoms with Crippen molar-refractivity contribution in [2.75, 3.05) is 0 Å². The zero-order chi connectivity index (χ0) is 4.41. The molecule has 0 aromatic carbocycles. The molecule has 0 aliphatic rings. The summed E-state index contributed by atoms with van der Waals surface area (Å²) in [5.41, 5.74) is 0. The number of thiol groups is 1. The molecule has 0 aliphatic carbocycles. The van der Waals surface area contributed by atoms with Crippen LogP contribution in [0.4, 0.5) is 0 Å². The van der Waals surface area contributed by atoms with Crippen molar-refractivity contribution in [3.8, 4) is 0 Å². The fraction of sp³-hybridized carbons (Fsp3) is 0. The van der Waals surface area contributed by atoms with Gasteiger partial charge in [-0.05, 0) is 6.07 Å². The van der Waals surface area contributed by atoms with Crippen molar-refractivity contribution in [2.45, 2.75) is 5.03 Å². The van der Waals surface area contributed by atoms with E-state index >= 15 is 0 Å². The van der Waals surface area contributed by atoms with Crippen LogP contribution in [0.2, 0.25) is 0 Å². The predicted molar refractivity (Wildman–Crippen MR) is 36.9 cm³/mol. The van der Waals surface area contributed by atoms with Crippen LogP contribution in [0.25, 0.3) is 0 Å². The van der Waals surface area contributed by atoms with Crippen LogP contribution in [-0.2, 0) is 0 Å². The van der Waals surface area contributed by atoms with Crippen LogP contribution in [0.3, 0.4) is 0 Å². The molecule has 1 heterocycles. The summed E-state index contributed by atoms with van der Waals surface area (Å²) in [6, 6.07) is 1.78. The van der Waals surface area contributed by atoms with Crippen molar-refractivity contribution in [2.24, 2.45) is 0 Å². The quantitative estimate of drug-likeness (QED) is 0.398. The molecule has 1 unspecified atom stereocenters. The molecule has 1 aromatic heterocycles. The van der Waals surface area contributed by atoms with Gasteiger partial charge in [-0.25, -0.2) is 0 Å². The minimum Gasteiger partial charge on any atom is -0.285 e. The van der Waals surface area contributed by atoms with Gasteiger partial charge >= 0.3 is 0 Å². The Kier molecular flexibility index (Phi) is 3.05. The average Bonchev–Trinajstić information content (AvgIpc) is 1.86. The number of hydrogen-bond acceptors (Lipinski definition) is 2. The first-order chi connectivity index (χ1) is 2.89. The van der Waals surface area contributed by atoms with E-state index < -0.39 is 0 Å². The molecule has 2 nitrogen and oxygen atoms in total. The number of H-pyrrole nitrogens is 1. The molecule has 1 rings (SSSR count). The maximum Gasteiger partial charge on any atom is 0.115 e. The Morgan fingerprint density at radius 1 is 1.71 bits per heavy atom. The van der Waals surface area contributed by atoms with E-state index in [2.05, 4.69) is 22.8 Å². The van der Waals surface area contributed by atoms with Crippen molar-refractivity contribution in [1.29, 1.82) is 0 Å². The van der Waals surface area contributed by atoms with Crippen LogP contribution in [0, 0.1) is 0 Å². The van der Waals surface area contributed by atoms with E-state index in [1.807, 2.05) is 0 Å². The van der Waals surface area contributed by atoms with Crippen LogP contribution < -0.4 is 0 Å². The Morgan fingerprint density at radius 3 is 2.57 bits per heavy atom. The zero-order valence-corrected chi connectivity index (χ0v) is 6.06. The first kappa shape index (κ1) is 6.99. The Bertz CT molecular complexity index is 116. The predicted octanol–water partition coefficient (Wildman–Crippen LogP) is 0.756. The van der Waals surface area contributed by atoms with Gasteiger partial charge in [0, 0.05) is 6.20 Å². The van der Waals surface area contributed by atoms with Gasteiger partial charge in [0.1, 0.15) is 5.03 Å². The molecule has 0 saturated carbocycles. The number of nitrogens with zero attached hydrogens (tertiary/aromatic N) is 1. The lowest BCUT2D eigenvalue weighted by Gasteiger charge is -1.64. The third kappa shape index (κ3) is 1.95. The van der Waals surface area contributed by atoms with Crippen LogP contribution in [0.15, 0.2) is 17.3 Å². The van der Waals surface area contributed by atoms with E-state index in [-0.39, 0.29) is 9.90 Å². The molecule has 0 saturated heterocycles. The summed E-state index contributed by atoms with van der Waals surface area (Å²) in [5, 5.41) is 6.99. The summed E-state index contributed by atoms with van der Waals surface area (Å²) >= 11 is 3.89. The van der Waals surface area contributed by atoms with Gasteiger partial charge in [-0.1, -0.05) is 0 Å². The molecule has 40 valence electrons. The van der Waals surface area contributed by atoms with Gasteiger partial charge in [0.15, 0.2) is 0 Å². The molecular weight excluding hydrogens is 127 g/mol. The Balaban J connectivity index is 0.000000360. The summed E-state index contributed by atoms with van der Waals surface area (Å²) in [6.07, 6.45) is 1.72. The number of hydrogen-bond donors (Lipinski definition) is 2. The highest BCUT2D eigenvalue weighted by Gasteiger charge is 1.76. The Hall–Kier alpha value is -0.0100. The standard InChI is InChI=1S/C3H4N2S.H3P/c6-3-1-2-4-5-3;/h1-2H,(H2,4,5,6);1H3. The first-order valence-corrected chi connectivity index (χ1v) is 2.03. The second-order valence-corrected chi connectivity index (χ2v) is 1.39. The molecule has 4 heteroatoms. The molecule has 1 atom stereocenters. The van der Waals surface area contributed by atoms with Crippen molar-refractivity contribution in [3.05, 3.63) is 12.3 Å². The fourth-order valence-corrected chi connectivity index (χ4v) is 0.385. The van der Waals surface area contributed by atoms with E-state index in [0.29, 0.717) is 0 Å². The van der Waals surface area contributed by atoms with Crippen molar-refractivity contribution in [1.82, 2.24) is 10.2 Å². The highest BCUT2D eigenvalue weighted by Crippen LogP contribution is 1.93. The largest absolute Gasteiger partial charge is 0.285 e. The van der Waals surface area contributed by atoms with E-state index in [1.165, 1.54) is 0 Å². The van der Waals surface area contributed by atoms with Crippen LogP contribution in [0.5, 0.6) is 0 Å². The van der Waals surface area contributed by atoms with Crippen molar-refractivity contribution < 1.29 is 0 Å². The van der Waals surface area contributed by atoms with E-state index in [0.717, 1.165) is 5.03 Å². The smallest absolute Gasteiger partial charge is 0.115 e. The SMILES string of the molecule is P.Sc1cc[nH]n1. The van der Waals surface area contributed by atoms with E-state index in [9.17, 15) is 0 Å². The third-order valence-corrected chi connectivity index (χ3v) is 0.735. The summed E-state index contributed by atoms with van der Waals surface area (Å²) in [7, 11) is 0. The van der Waals surface area contributed by atoms with E-state index in [1.54, 1.807) is 12.3 Å². The van der Waals surface area contributed by atoms with Crippen LogP contribution in [-0.4, -0.2) is 10.2 Å². The number of aromatic amines is 1. The summed E-state index contributed by atoms with van der Waals surface area (Å²) in [5.74, 6) is 0. The number of aromatic nitrogens is 2. The maximum atomic E-state index is 3.89. The van der Waals surface area contributed by atoms with Gasteiger partial charge in [0.05, 0.1) is 0 Å². The van der Waals surface area contributed by atoms with Crippen molar-refractivity contribution >= 4 is 22.5 Å². The second kappa shape index (κ2) is 3.05. The number of nitrogens with one attached hydrogen (secondary N) is 1. The normalized spacial score (nSPS) is 7.57. The highest BCUT2D eigenvalue weighted by molar-refractivity contribution is 7.80. The average molecular weight is 134 g/mol. The van der Waals surface area contributed by atoms with Gasteiger partial charge in [-0.15, -0.1) is 12.6 Å². The van der Waals surface area contributed by atoms with E-state index in [4.69, 9.17) is 0 Å². The molecule has 0 fully saturated rings. The first-order valence-electron chi connectivity index (χ1n) is 1.58. The molecule has 0 spiro atoms. The summed E-state index contributed by atoms with van der Waals surface area (Å²) in [6.45, 7) is 0. The second-order valence-electron chi connectivity index (χ2n) is 0.932. The lowest BCUT2D eigenvalue weighted by atomic mass is 10.8. The molecule has 0 radical (unpaired) electrons. The van der Waals surface area contributed by atoms with Gasteiger partial charge in [-0.2, -0.15) is 15.0 Å². The topological polar surface area (TPSA) is 28.7 Å². The fourth-order valence-electron chi connectivity index (χ4n) is 0.252. The maximum absolute atomic E-state index is 3.89. The summed E-state index contributed by atoms with van der Waals surface area (Å²) < 4.78 is 0. The Morgan fingerprint density at radius 2 is 2.43 bits per heavy atom.